The average molecular weight is 647 g/mol. The van der Waals surface area contributed by atoms with Crippen molar-refractivity contribution in [3.63, 3.8) is 0 Å². The molecule has 0 saturated carbocycles. The molecule has 1 aliphatic heterocycles. The number of rotatable bonds is 13. The standard InChI is InChI=1S/C34H38N4O5S2/c39-34(20-22-36-45(42,43)33-18-14-31(15-19-33)29-10-5-2-6-11-29)38-26-24-37(25-27-38)23-7-21-35-44(40,41)32-16-12-30(13-17-32)28-8-3-1-4-9-28/h1-6,8-19,35-36H,7,20-27H2. The van der Waals surface area contributed by atoms with Crippen LogP contribution < -0.4 is 9.44 Å². The van der Waals surface area contributed by atoms with Crippen molar-refractivity contribution in [2.24, 2.45) is 0 Å². The Labute approximate surface area is 266 Å². The topological polar surface area (TPSA) is 116 Å². The molecule has 11 heteroatoms. The molecule has 0 radical (unpaired) electrons. The minimum atomic E-state index is -3.73. The second-order valence-electron chi connectivity index (χ2n) is 10.9. The number of nitrogens with one attached hydrogen (secondary N) is 2. The number of amides is 1. The van der Waals surface area contributed by atoms with E-state index in [1.54, 1.807) is 41.3 Å². The number of benzene rings is 4. The summed E-state index contributed by atoms with van der Waals surface area (Å²) in [6.45, 7) is 3.50. The Balaban J connectivity index is 0.987. The van der Waals surface area contributed by atoms with Crippen LogP contribution in [0.1, 0.15) is 12.8 Å². The maximum atomic E-state index is 12.7. The Bertz CT molecular complexity index is 1760. The molecule has 236 valence electrons. The summed E-state index contributed by atoms with van der Waals surface area (Å²) in [7, 11) is -7.33. The van der Waals surface area contributed by atoms with E-state index in [9.17, 15) is 21.6 Å². The highest BCUT2D eigenvalue weighted by molar-refractivity contribution is 7.89. The van der Waals surface area contributed by atoms with Crippen LogP contribution in [0.2, 0.25) is 0 Å². The highest BCUT2D eigenvalue weighted by atomic mass is 32.2. The van der Waals surface area contributed by atoms with Crippen LogP contribution in [0.4, 0.5) is 0 Å². The fourth-order valence-corrected chi connectivity index (χ4v) is 7.37. The summed E-state index contributed by atoms with van der Waals surface area (Å²) < 4.78 is 56.2. The van der Waals surface area contributed by atoms with Crippen LogP contribution in [0.5, 0.6) is 0 Å². The number of sulfonamides is 2. The molecule has 0 unspecified atom stereocenters. The normalized spacial score (nSPS) is 14.4. The van der Waals surface area contributed by atoms with Gasteiger partial charge in [0.1, 0.15) is 0 Å². The van der Waals surface area contributed by atoms with Crippen LogP contribution in [-0.2, 0) is 24.8 Å². The first-order valence-corrected chi connectivity index (χ1v) is 18.0. The molecule has 4 aromatic carbocycles. The van der Waals surface area contributed by atoms with E-state index in [4.69, 9.17) is 0 Å². The average Bonchev–Trinajstić information content (AvgIpc) is 3.08. The molecule has 1 amide bonds. The van der Waals surface area contributed by atoms with E-state index in [0.29, 0.717) is 45.7 Å². The van der Waals surface area contributed by atoms with Gasteiger partial charge in [-0.1, -0.05) is 84.9 Å². The number of nitrogens with zero attached hydrogens (tertiary/aromatic N) is 2. The summed E-state index contributed by atoms with van der Waals surface area (Å²) in [5, 5.41) is 0. The first-order chi connectivity index (χ1) is 21.7. The second kappa shape index (κ2) is 14.9. The predicted molar refractivity (Wildman–Crippen MR) is 176 cm³/mol. The van der Waals surface area contributed by atoms with E-state index in [0.717, 1.165) is 22.3 Å². The second-order valence-corrected chi connectivity index (χ2v) is 14.4. The molecule has 1 aliphatic rings. The summed E-state index contributed by atoms with van der Waals surface area (Å²) in [6, 6.07) is 33.1. The van der Waals surface area contributed by atoms with Gasteiger partial charge >= 0.3 is 0 Å². The quantitative estimate of drug-likeness (QED) is 0.211. The lowest BCUT2D eigenvalue weighted by Gasteiger charge is -2.34. The zero-order valence-electron chi connectivity index (χ0n) is 25.0. The number of piperazine rings is 1. The van der Waals surface area contributed by atoms with Crippen molar-refractivity contribution in [1.82, 2.24) is 19.2 Å². The Morgan fingerprint density at radius 1 is 0.556 bits per heavy atom. The van der Waals surface area contributed by atoms with E-state index >= 15 is 0 Å². The van der Waals surface area contributed by atoms with Gasteiger partial charge < -0.3 is 4.90 Å². The Morgan fingerprint density at radius 3 is 1.44 bits per heavy atom. The Hall–Kier alpha value is -3.87. The Kier molecular flexibility index (Phi) is 10.8. The van der Waals surface area contributed by atoms with Gasteiger partial charge in [0.15, 0.2) is 0 Å². The molecular weight excluding hydrogens is 609 g/mol. The molecule has 2 N–H and O–H groups in total. The van der Waals surface area contributed by atoms with Crippen LogP contribution in [0.3, 0.4) is 0 Å². The zero-order valence-corrected chi connectivity index (χ0v) is 26.6. The van der Waals surface area contributed by atoms with Crippen molar-refractivity contribution in [2.45, 2.75) is 22.6 Å². The highest BCUT2D eigenvalue weighted by Gasteiger charge is 2.22. The largest absolute Gasteiger partial charge is 0.340 e. The van der Waals surface area contributed by atoms with Crippen molar-refractivity contribution in [3.8, 4) is 22.3 Å². The predicted octanol–water partition coefficient (Wildman–Crippen LogP) is 4.20. The zero-order chi connectivity index (χ0) is 31.7. The monoisotopic (exact) mass is 646 g/mol. The molecule has 0 bridgehead atoms. The molecule has 1 heterocycles. The number of carbonyl (C=O) groups is 1. The summed E-state index contributed by atoms with van der Waals surface area (Å²) in [5.41, 5.74) is 3.92. The summed E-state index contributed by atoms with van der Waals surface area (Å²) in [5.74, 6) is -0.0946. The van der Waals surface area contributed by atoms with Gasteiger partial charge in [0, 0.05) is 45.7 Å². The summed E-state index contributed by atoms with van der Waals surface area (Å²) in [4.78, 5) is 17.1. The first kappa shape index (κ1) is 32.5. The highest BCUT2D eigenvalue weighted by Crippen LogP contribution is 2.22. The van der Waals surface area contributed by atoms with Crippen molar-refractivity contribution in [2.75, 3.05) is 45.8 Å². The lowest BCUT2D eigenvalue weighted by molar-refractivity contribution is -0.132. The SMILES string of the molecule is O=C(CCNS(=O)(=O)c1ccc(-c2ccccc2)cc1)N1CCN(CCCNS(=O)(=O)c2ccc(-c3ccccc3)cc2)CC1. The third-order valence-electron chi connectivity index (χ3n) is 7.84. The van der Waals surface area contributed by atoms with Gasteiger partial charge in [-0.25, -0.2) is 26.3 Å². The molecule has 1 fully saturated rings. The van der Waals surface area contributed by atoms with Gasteiger partial charge in [0.2, 0.25) is 26.0 Å². The summed E-state index contributed by atoms with van der Waals surface area (Å²) >= 11 is 0. The number of hydrogen-bond acceptors (Lipinski definition) is 6. The first-order valence-electron chi connectivity index (χ1n) is 15.0. The summed E-state index contributed by atoms with van der Waals surface area (Å²) in [6.07, 6.45) is 0.721. The maximum Gasteiger partial charge on any atom is 0.240 e. The van der Waals surface area contributed by atoms with Gasteiger partial charge in [0.25, 0.3) is 0 Å². The van der Waals surface area contributed by atoms with Gasteiger partial charge in [-0.15, -0.1) is 0 Å². The van der Waals surface area contributed by atoms with E-state index < -0.39 is 20.0 Å². The third kappa shape index (κ3) is 8.86. The van der Waals surface area contributed by atoms with Crippen molar-refractivity contribution >= 4 is 26.0 Å². The van der Waals surface area contributed by atoms with E-state index in [1.807, 2.05) is 72.8 Å². The van der Waals surface area contributed by atoms with Gasteiger partial charge in [-0.2, -0.15) is 0 Å². The van der Waals surface area contributed by atoms with Crippen molar-refractivity contribution < 1.29 is 21.6 Å². The minimum absolute atomic E-state index is 0.0247. The molecule has 0 aromatic heterocycles. The molecule has 0 aliphatic carbocycles. The van der Waals surface area contributed by atoms with Crippen LogP contribution in [0.25, 0.3) is 22.3 Å². The van der Waals surface area contributed by atoms with Gasteiger partial charge in [-0.3, -0.25) is 9.69 Å². The molecule has 0 spiro atoms. The molecule has 0 atom stereocenters. The van der Waals surface area contributed by atoms with E-state index in [1.165, 1.54) is 0 Å². The molecule has 5 rings (SSSR count). The van der Waals surface area contributed by atoms with Crippen molar-refractivity contribution in [3.05, 3.63) is 109 Å². The van der Waals surface area contributed by atoms with E-state index in [-0.39, 0.29) is 28.7 Å². The van der Waals surface area contributed by atoms with Crippen LogP contribution in [0.15, 0.2) is 119 Å². The smallest absolute Gasteiger partial charge is 0.240 e. The molecular formula is C34H38N4O5S2. The fraction of sp³-hybridized carbons (Fsp3) is 0.265. The maximum absolute atomic E-state index is 12.7. The lowest BCUT2D eigenvalue weighted by Crippen LogP contribution is -2.49. The van der Waals surface area contributed by atoms with Gasteiger partial charge in [-0.05, 0) is 59.5 Å². The van der Waals surface area contributed by atoms with Crippen LogP contribution in [-0.4, -0.2) is 78.4 Å². The fourth-order valence-electron chi connectivity index (χ4n) is 5.26. The van der Waals surface area contributed by atoms with E-state index in [2.05, 4.69) is 14.3 Å². The molecule has 45 heavy (non-hydrogen) atoms. The minimum Gasteiger partial charge on any atom is -0.340 e. The third-order valence-corrected chi connectivity index (χ3v) is 10.8. The molecule has 9 nitrogen and oxygen atoms in total. The van der Waals surface area contributed by atoms with Crippen LogP contribution in [0, 0.1) is 0 Å². The molecule has 1 saturated heterocycles. The molecule has 4 aromatic rings. The lowest BCUT2D eigenvalue weighted by atomic mass is 10.1. The number of carbonyl (C=O) groups excluding carboxylic acids is 1. The Morgan fingerprint density at radius 2 is 0.978 bits per heavy atom. The van der Waals surface area contributed by atoms with Crippen LogP contribution >= 0.6 is 0 Å². The van der Waals surface area contributed by atoms with Gasteiger partial charge in [0.05, 0.1) is 9.79 Å². The van der Waals surface area contributed by atoms with Crippen molar-refractivity contribution in [1.29, 1.82) is 0 Å². The number of hydrogen-bond donors (Lipinski definition) is 2.